The van der Waals surface area contributed by atoms with Crippen LogP contribution in [0.4, 0.5) is 5.82 Å². The SMILES string of the molecule is COc1cc(OC)c2c(NCCONS(=O)(=O)c3ccccc3)ncnc2c1. The van der Waals surface area contributed by atoms with Crippen LogP contribution >= 0.6 is 0 Å². The Bertz CT molecular complexity index is 1040. The lowest BCUT2D eigenvalue weighted by Gasteiger charge is -2.13. The van der Waals surface area contributed by atoms with E-state index in [4.69, 9.17) is 14.3 Å². The molecule has 1 heterocycles. The maximum atomic E-state index is 12.1. The zero-order valence-corrected chi connectivity index (χ0v) is 16.2. The molecular weight excluding hydrogens is 384 g/mol. The summed E-state index contributed by atoms with van der Waals surface area (Å²) >= 11 is 0. The van der Waals surface area contributed by atoms with E-state index in [1.54, 1.807) is 44.6 Å². The number of hydrogen-bond donors (Lipinski definition) is 2. The number of hydrogen-bond acceptors (Lipinski definition) is 8. The van der Waals surface area contributed by atoms with Crippen molar-refractivity contribution in [3.05, 3.63) is 48.8 Å². The van der Waals surface area contributed by atoms with Gasteiger partial charge in [-0.15, -0.1) is 0 Å². The van der Waals surface area contributed by atoms with Gasteiger partial charge in [0, 0.05) is 18.7 Å². The Balaban J connectivity index is 1.63. The summed E-state index contributed by atoms with van der Waals surface area (Å²) in [5.41, 5.74) is 0.652. The van der Waals surface area contributed by atoms with Crippen molar-refractivity contribution in [3.8, 4) is 11.5 Å². The predicted molar refractivity (Wildman–Crippen MR) is 104 cm³/mol. The van der Waals surface area contributed by atoms with Crippen molar-refractivity contribution in [3.63, 3.8) is 0 Å². The summed E-state index contributed by atoms with van der Waals surface area (Å²) < 4.78 is 34.8. The first-order chi connectivity index (χ1) is 13.5. The third-order valence-electron chi connectivity index (χ3n) is 3.85. The number of rotatable bonds is 9. The van der Waals surface area contributed by atoms with Crippen LogP contribution in [0, 0.1) is 0 Å². The van der Waals surface area contributed by atoms with Crippen molar-refractivity contribution in [1.29, 1.82) is 0 Å². The van der Waals surface area contributed by atoms with Crippen LogP contribution < -0.4 is 19.7 Å². The quantitative estimate of drug-likeness (QED) is 0.411. The summed E-state index contributed by atoms with van der Waals surface area (Å²) in [5.74, 6) is 1.72. The molecule has 10 heteroatoms. The number of fused-ring (bicyclic) bond motifs is 1. The van der Waals surface area contributed by atoms with E-state index in [-0.39, 0.29) is 11.5 Å². The zero-order chi connectivity index (χ0) is 20.0. The highest BCUT2D eigenvalue weighted by atomic mass is 32.2. The van der Waals surface area contributed by atoms with Crippen LogP contribution in [-0.4, -0.2) is 45.8 Å². The third-order valence-corrected chi connectivity index (χ3v) is 5.08. The number of aromatic nitrogens is 2. The summed E-state index contributed by atoms with van der Waals surface area (Å²) in [7, 11) is -0.606. The van der Waals surface area contributed by atoms with Gasteiger partial charge in [0.2, 0.25) is 0 Å². The first-order valence-electron chi connectivity index (χ1n) is 8.34. The average molecular weight is 404 g/mol. The Morgan fingerprint density at radius 2 is 1.82 bits per heavy atom. The van der Waals surface area contributed by atoms with E-state index in [0.717, 1.165) is 0 Å². The Hall–Kier alpha value is -2.95. The molecule has 0 amide bonds. The van der Waals surface area contributed by atoms with Gasteiger partial charge in [0.15, 0.2) is 0 Å². The number of nitrogens with zero attached hydrogens (tertiary/aromatic N) is 2. The lowest BCUT2D eigenvalue weighted by atomic mass is 10.2. The predicted octanol–water partition coefficient (Wildman–Crippen LogP) is 1.97. The maximum absolute atomic E-state index is 12.1. The first-order valence-corrected chi connectivity index (χ1v) is 9.82. The molecule has 0 bridgehead atoms. The molecular formula is C18H20N4O5S. The Morgan fingerprint density at radius 3 is 2.54 bits per heavy atom. The first kappa shape index (κ1) is 19.8. The van der Waals surface area contributed by atoms with Gasteiger partial charge in [-0.1, -0.05) is 23.1 Å². The number of methoxy groups -OCH3 is 2. The van der Waals surface area contributed by atoms with Gasteiger partial charge < -0.3 is 14.8 Å². The van der Waals surface area contributed by atoms with Gasteiger partial charge in [0.05, 0.1) is 36.6 Å². The van der Waals surface area contributed by atoms with Gasteiger partial charge in [-0.3, -0.25) is 4.84 Å². The fourth-order valence-corrected chi connectivity index (χ4v) is 3.38. The molecule has 3 aromatic rings. The highest BCUT2D eigenvalue weighted by Gasteiger charge is 2.14. The molecule has 1 aromatic heterocycles. The summed E-state index contributed by atoms with van der Waals surface area (Å²) in [4.78, 5) is 15.8. The molecule has 0 saturated carbocycles. The second kappa shape index (κ2) is 8.83. The monoisotopic (exact) mass is 404 g/mol. The molecule has 0 unspecified atom stereocenters. The molecule has 2 aromatic carbocycles. The van der Waals surface area contributed by atoms with Crippen molar-refractivity contribution >= 4 is 26.7 Å². The lowest BCUT2D eigenvalue weighted by Crippen LogP contribution is -2.26. The summed E-state index contributed by atoms with van der Waals surface area (Å²) in [6.45, 7) is 0.384. The molecule has 28 heavy (non-hydrogen) atoms. The molecule has 0 spiro atoms. The topological polar surface area (TPSA) is 112 Å². The van der Waals surface area contributed by atoms with E-state index < -0.39 is 10.0 Å². The Morgan fingerprint density at radius 1 is 1.04 bits per heavy atom. The number of ether oxygens (including phenoxy) is 2. The Labute approximate surface area is 162 Å². The number of anilines is 1. The van der Waals surface area contributed by atoms with E-state index in [2.05, 4.69) is 20.2 Å². The van der Waals surface area contributed by atoms with Gasteiger partial charge in [-0.2, -0.15) is 0 Å². The summed E-state index contributed by atoms with van der Waals surface area (Å²) in [5, 5.41) is 3.78. The standard InChI is InChI=1S/C18H20N4O5S/c1-25-13-10-15-17(16(11-13)26-2)18(21-12-20-15)19-8-9-27-22-28(23,24)14-6-4-3-5-7-14/h3-7,10-12,22H,8-9H2,1-2H3,(H,19,20,21). The van der Waals surface area contributed by atoms with Gasteiger partial charge in [-0.05, 0) is 12.1 Å². The highest BCUT2D eigenvalue weighted by Crippen LogP contribution is 2.33. The van der Waals surface area contributed by atoms with Crippen LogP contribution in [0.3, 0.4) is 0 Å². The second-order valence-corrected chi connectivity index (χ2v) is 7.27. The number of nitrogens with one attached hydrogen (secondary N) is 2. The highest BCUT2D eigenvalue weighted by molar-refractivity contribution is 7.89. The molecule has 148 valence electrons. The van der Waals surface area contributed by atoms with E-state index in [9.17, 15) is 8.42 Å². The van der Waals surface area contributed by atoms with Crippen LogP contribution in [0.15, 0.2) is 53.7 Å². The largest absolute Gasteiger partial charge is 0.497 e. The van der Waals surface area contributed by atoms with E-state index in [1.165, 1.54) is 18.5 Å². The summed E-state index contributed by atoms with van der Waals surface area (Å²) in [6.07, 6.45) is 1.42. The van der Waals surface area contributed by atoms with Gasteiger partial charge in [0.1, 0.15) is 23.6 Å². The van der Waals surface area contributed by atoms with Crippen LogP contribution in [0.2, 0.25) is 0 Å². The maximum Gasteiger partial charge on any atom is 0.262 e. The van der Waals surface area contributed by atoms with Gasteiger partial charge in [0.25, 0.3) is 10.0 Å². The molecule has 0 fully saturated rings. The van der Waals surface area contributed by atoms with Crippen LogP contribution in [0.5, 0.6) is 11.5 Å². The normalized spacial score (nSPS) is 11.4. The van der Waals surface area contributed by atoms with E-state index in [0.29, 0.717) is 34.8 Å². The average Bonchev–Trinajstić information content (AvgIpc) is 2.73. The van der Waals surface area contributed by atoms with Crippen molar-refractivity contribution in [2.75, 3.05) is 32.7 Å². The smallest absolute Gasteiger partial charge is 0.262 e. The van der Waals surface area contributed by atoms with Crippen LogP contribution in [0.25, 0.3) is 10.9 Å². The van der Waals surface area contributed by atoms with Gasteiger partial charge >= 0.3 is 0 Å². The minimum Gasteiger partial charge on any atom is -0.497 e. The fraction of sp³-hybridized carbons (Fsp3) is 0.222. The molecule has 0 saturated heterocycles. The third kappa shape index (κ3) is 4.47. The van der Waals surface area contributed by atoms with Crippen LogP contribution in [-0.2, 0) is 14.9 Å². The van der Waals surface area contributed by atoms with Crippen LogP contribution in [0.1, 0.15) is 0 Å². The Kier molecular flexibility index (Phi) is 6.24. The number of sulfonamides is 1. The second-order valence-electron chi connectivity index (χ2n) is 5.62. The summed E-state index contributed by atoms with van der Waals surface area (Å²) in [6, 6.07) is 11.5. The fourth-order valence-electron chi connectivity index (χ4n) is 2.53. The van der Waals surface area contributed by atoms with Crippen molar-refractivity contribution in [2.24, 2.45) is 0 Å². The van der Waals surface area contributed by atoms with Crippen molar-refractivity contribution < 1.29 is 22.7 Å². The molecule has 0 atom stereocenters. The molecule has 9 nitrogen and oxygen atoms in total. The van der Waals surface area contributed by atoms with Crippen molar-refractivity contribution in [1.82, 2.24) is 14.9 Å². The minimum atomic E-state index is -3.72. The van der Waals surface area contributed by atoms with E-state index >= 15 is 0 Å². The zero-order valence-electron chi connectivity index (χ0n) is 15.4. The molecule has 0 aliphatic carbocycles. The molecule has 3 rings (SSSR count). The van der Waals surface area contributed by atoms with Gasteiger partial charge in [-0.25, -0.2) is 18.4 Å². The minimum absolute atomic E-state index is 0.0794. The molecule has 0 aliphatic rings. The lowest BCUT2D eigenvalue weighted by molar-refractivity contribution is 0.102. The molecule has 0 radical (unpaired) electrons. The molecule has 2 N–H and O–H groups in total. The molecule has 0 aliphatic heterocycles. The van der Waals surface area contributed by atoms with Crippen molar-refractivity contribution in [2.45, 2.75) is 4.90 Å². The number of benzene rings is 2. The van der Waals surface area contributed by atoms with E-state index in [1.807, 2.05) is 0 Å².